The predicted octanol–water partition coefficient (Wildman–Crippen LogP) is 4.29. The number of nitrogens with zero attached hydrogens (tertiary/aromatic N) is 4. The SMILES string of the molecule is CCC(CO)OC(COC(=O)NCCC(=O)N1CCC[C@@H]1C(=O)O[C@@H](c1ccccc1)[C@@H](C)NC(=O)[C@H](C)[C@@H](OC)[C@@H]1CCCN1C(=O)C[C@@H](OC)[C@H]([C@@H](C)CC)N(C)C(=O)C(NC(=O)[C@H](C(C)C)N(C)C)C(C)C)OC. The van der Waals surface area contributed by atoms with Gasteiger partial charge in [-0.25, -0.2) is 9.59 Å². The number of rotatable bonds is 32. The van der Waals surface area contributed by atoms with Crippen molar-refractivity contribution in [2.45, 2.75) is 181 Å². The molecular weight excluding hydrogens is 995 g/mol. The number of benzene rings is 1. The van der Waals surface area contributed by atoms with Crippen LogP contribution in [0.15, 0.2) is 30.3 Å². The number of amides is 6. The zero-order valence-corrected chi connectivity index (χ0v) is 48.8. The maximum atomic E-state index is 14.5. The third-order valence-electron chi connectivity index (χ3n) is 15.2. The lowest BCUT2D eigenvalue weighted by molar-refractivity contribution is -0.181. The second kappa shape index (κ2) is 32.8. The molecule has 0 aliphatic carbocycles. The Bertz CT molecular complexity index is 2000. The topological polar surface area (TPSA) is 244 Å². The van der Waals surface area contributed by atoms with Crippen LogP contribution in [-0.4, -0.2) is 202 Å². The van der Waals surface area contributed by atoms with Crippen LogP contribution >= 0.6 is 0 Å². The van der Waals surface area contributed by atoms with Crippen molar-refractivity contribution in [2.24, 2.45) is 23.7 Å². The molecule has 77 heavy (non-hydrogen) atoms. The minimum atomic E-state index is -0.944. The first kappa shape index (κ1) is 66.4. The summed E-state index contributed by atoms with van der Waals surface area (Å²) in [6.45, 7) is 17.3. The van der Waals surface area contributed by atoms with Crippen molar-refractivity contribution < 1.29 is 67.1 Å². The number of aliphatic hydroxyl groups excluding tert-OH is 1. The molecule has 0 aromatic heterocycles. The van der Waals surface area contributed by atoms with Gasteiger partial charge in [0, 0.05) is 54.4 Å². The van der Waals surface area contributed by atoms with Crippen LogP contribution in [-0.2, 0) is 57.2 Å². The van der Waals surface area contributed by atoms with E-state index in [0.29, 0.717) is 57.2 Å². The highest BCUT2D eigenvalue weighted by atomic mass is 16.7. The highest BCUT2D eigenvalue weighted by Crippen LogP contribution is 2.31. The summed E-state index contributed by atoms with van der Waals surface area (Å²) in [6, 6.07) is 5.16. The molecule has 438 valence electrons. The van der Waals surface area contributed by atoms with Crippen LogP contribution in [0.4, 0.5) is 4.79 Å². The molecule has 2 saturated heterocycles. The molecule has 21 heteroatoms. The van der Waals surface area contributed by atoms with Crippen LogP contribution in [0.5, 0.6) is 0 Å². The van der Waals surface area contributed by atoms with Crippen molar-refractivity contribution >= 4 is 41.6 Å². The van der Waals surface area contributed by atoms with Crippen molar-refractivity contribution in [3.8, 4) is 0 Å². The first-order valence-corrected chi connectivity index (χ1v) is 27.6. The lowest BCUT2D eigenvalue weighted by Gasteiger charge is -2.41. The number of hydrogen-bond acceptors (Lipinski definition) is 15. The average molecular weight is 1090 g/mol. The van der Waals surface area contributed by atoms with Gasteiger partial charge in [-0.3, -0.25) is 28.9 Å². The Morgan fingerprint density at radius 1 is 0.779 bits per heavy atom. The van der Waals surface area contributed by atoms with Gasteiger partial charge in [-0.05, 0) is 76.4 Å². The highest BCUT2D eigenvalue weighted by molar-refractivity contribution is 5.90. The zero-order valence-electron chi connectivity index (χ0n) is 48.8. The minimum Gasteiger partial charge on any atom is -0.454 e. The molecule has 0 radical (unpaired) electrons. The average Bonchev–Trinajstić information content (AvgIpc) is 4.11. The van der Waals surface area contributed by atoms with Gasteiger partial charge in [-0.15, -0.1) is 0 Å². The molecule has 3 rings (SSSR count). The molecule has 0 spiro atoms. The van der Waals surface area contributed by atoms with Gasteiger partial charge in [0.15, 0.2) is 6.29 Å². The number of likely N-dealkylation sites (tertiary alicyclic amines) is 2. The summed E-state index contributed by atoms with van der Waals surface area (Å²) >= 11 is 0. The number of likely N-dealkylation sites (N-methyl/N-ethyl adjacent to an activating group) is 2. The minimum absolute atomic E-state index is 0.00952. The van der Waals surface area contributed by atoms with Crippen molar-refractivity contribution in [3.05, 3.63) is 35.9 Å². The van der Waals surface area contributed by atoms with E-state index in [2.05, 4.69) is 16.0 Å². The normalized spacial score (nSPS) is 20.0. The Kier molecular flexibility index (Phi) is 28.3. The molecule has 2 heterocycles. The molecule has 6 amide bonds. The zero-order chi connectivity index (χ0) is 57.7. The van der Waals surface area contributed by atoms with E-state index in [-0.39, 0.29) is 79.9 Å². The quantitative estimate of drug-likeness (QED) is 0.0581. The summed E-state index contributed by atoms with van der Waals surface area (Å²) < 4.78 is 34.3. The number of aliphatic hydroxyl groups is 1. The van der Waals surface area contributed by atoms with E-state index in [4.69, 9.17) is 28.4 Å². The number of nitrogens with one attached hydrogen (secondary N) is 3. The summed E-state index contributed by atoms with van der Waals surface area (Å²) in [6.07, 6.45) is -1.25. The maximum absolute atomic E-state index is 14.5. The van der Waals surface area contributed by atoms with Gasteiger partial charge in [0.1, 0.15) is 24.8 Å². The molecule has 1 aromatic carbocycles. The van der Waals surface area contributed by atoms with E-state index in [0.717, 1.165) is 0 Å². The summed E-state index contributed by atoms with van der Waals surface area (Å²) in [7, 11) is 9.84. The monoisotopic (exact) mass is 1090 g/mol. The Morgan fingerprint density at radius 2 is 1.43 bits per heavy atom. The van der Waals surface area contributed by atoms with Crippen LogP contribution in [0.1, 0.15) is 125 Å². The predicted molar refractivity (Wildman–Crippen MR) is 290 cm³/mol. The smallest absolute Gasteiger partial charge is 0.407 e. The standard InChI is InChI=1S/C56H95N7O14/c1-16-36(7)49(61(12)54(69)47(34(3)4)59-53(68)48(35(5)6)60(10)11)43(72-13)31-45(66)62-29-21-25-41(62)50(74-15)37(8)52(67)58-38(9)51(39-23-19-18-20-24-39)77-55(70)42-26-22-30-63(42)44(65)27-28-57-56(71)75-33-46(73-14)76-40(17-2)32-64/h18-20,23-24,34-38,40-43,46-51,64H,16-17,21-22,25-33H2,1-15H3,(H,57,71)(H,58,67)(H,59,68)/t36-,37+,38+,40?,41-,42+,43+,46?,47?,48-,49-,50+,51+/m0/s1. The Labute approximate surface area is 458 Å². The molecule has 2 aliphatic heterocycles. The Morgan fingerprint density at radius 3 is 1.99 bits per heavy atom. The number of ether oxygens (including phenoxy) is 6. The van der Waals surface area contributed by atoms with E-state index in [1.807, 2.05) is 73.5 Å². The van der Waals surface area contributed by atoms with Crippen LogP contribution in [0.3, 0.4) is 0 Å². The van der Waals surface area contributed by atoms with Crippen molar-refractivity contribution in [3.63, 3.8) is 0 Å². The van der Waals surface area contributed by atoms with Crippen molar-refractivity contribution in [1.82, 2.24) is 35.6 Å². The van der Waals surface area contributed by atoms with Crippen LogP contribution in [0.25, 0.3) is 0 Å². The molecular formula is C56H95N7O14. The molecule has 0 bridgehead atoms. The summed E-state index contributed by atoms with van der Waals surface area (Å²) in [5.74, 6) is -3.13. The first-order valence-electron chi connectivity index (χ1n) is 27.6. The fourth-order valence-corrected chi connectivity index (χ4v) is 10.7. The molecule has 1 aromatic rings. The van der Waals surface area contributed by atoms with Crippen LogP contribution < -0.4 is 16.0 Å². The Hall–Kier alpha value is -4.93. The maximum Gasteiger partial charge on any atom is 0.407 e. The van der Waals surface area contributed by atoms with Crippen LogP contribution in [0, 0.1) is 23.7 Å². The largest absolute Gasteiger partial charge is 0.454 e. The molecule has 13 atom stereocenters. The number of carbonyl (C=O) groups excluding carboxylic acids is 7. The number of carbonyl (C=O) groups is 7. The van der Waals surface area contributed by atoms with E-state index in [1.165, 1.54) is 26.2 Å². The second-order valence-electron chi connectivity index (χ2n) is 21.6. The lowest BCUT2D eigenvalue weighted by Crippen LogP contribution is -2.59. The third kappa shape index (κ3) is 18.9. The molecule has 3 unspecified atom stereocenters. The molecule has 21 nitrogen and oxygen atoms in total. The summed E-state index contributed by atoms with van der Waals surface area (Å²) in [5.41, 5.74) is 0.628. The van der Waals surface area contributed by atoms with Gasteiger partial charge in [0.05, 0.1) is 61.4 Å². The van der Waals surface area contributed by atoms with Gasteiger partial charge < -0.3 is 64.2 Å². The third-order valence-corrected chi connectivity index (χ3v) is 15.2. The van der Waals surface area contributed by atoms with Crippen molar-refractivity contribution in [1.29, 1.82) is 0 Å². The number of esters is 1. The number of methoxy groups -OCH3 is 3. The van der Waals surface area contributed by atoms with Gasteiger partial charge >= 0.3 is 12.1 Å². The van der Waals surface area contributed by atoms with Gasteiger partial charge in [0.2, 0.25) is 29.5 Å². The van der Waals surface area contributed by atoms with Gasteiger partial charge in [-0.1, -0.05) is 92.1 Å². The summed E-state index contributed by atoms with van der Waals surface area (Å²) in [4.78, 5) is 103. The number of alkyl carbamates (subject to hydrolysis) is 1. The summed E-state index contributed by atoms with van der Waals surface area (Å²) in [5, 5.41) is 18.0. The Balaban J connectivity index is 1.72. The highest BCUT2D eigenvalue weighted by Gasteiger charge is 2.44. The molecule has 4 N–H and O–H groups in total. The number of hydrogen-bond donors (Lipinski definition) is 4. The van der Waals surface area contributed by atoms with Crippen LogP contribution in [0.2, 0.25) is 0 Å². The molecule has 2 aliphatic rings. The van der Waals surface area contributed by atoms with Crippen molar-refractivity contribution in [2.75, 3.05) is 75.3 Å². The lowest BCUT2D eigenvalue weighted by atomic mass is 9.89. The van der Waals surface area contributed by atoms with Gasteiger partial charge in [0.25, 0.3) is 0 Å². The second-order valence-corrected chi connectivity index (χ2v) is 21.6. The fraction of sp³-hybridized carbons (Fsp3) is 0.768. The molecule has 0 saturated carbocycles. The van der Waals surface area contributed by atoms with E-state index in [1.54, 1.807) is 55.0 Å². The first-order chi connectivity index (χ1) is 36.5. The fourth-order valence-electron chi connectivity index (χ4n) is 10.7. The van der Waals surface area contributed by atoms with E-state index in [9.17, 15) is 38.7 Å². The van der Waals surface area contributed by atoms with E-state index < -0.39 is 84.9 Å². The molecule has 2 fully saturated rings. The van der Waals surface area contributed by atoms with E-state index >= 15 is 0 Å². The van der Waals surface area contributed by atoms with Gasteiger partial charge in [-0.2, -0.15) is 0 Å².